The molecular weight excluding hydrogens is 298 g/mol. The van der Waals surface area contributed by atoms with E-state index < -0.39 is 46.5 Å². The molecule has 112 valence electrons. The molecule has 0 spiro atoms. The van der Waals surface area contributed by atoms with E-state index in [0.29, 0.717) is 10.8 Å². The number of ether oxygens (including phenoxy) is 1. The molecule has 0 amide bonds. The van der Waals surface area contributed by atoms with Gasteiger partial charge in [0.2, 0.25) is 0 Å². The van der Waals surface area contributed by atoms with Crippen molar-refractivity contribution in [3.8, 4) is 0 Å². The van der Waals surface area contributed by atoms with Crippen molar-refractivity contribution in [1.82, 2.24) is 9.55 Å². The van der Waals surface area contributed by atoms with Crippen LogP contribution >= 0.6 is 12.2 Å². The molecule has 1 fully saturated rings. The number of H-pyrrole nitrogens is 1. The Kier molecular flexibility index (Phi) is 3.55. The number of hydrogen-bond donors (Lipinski definition) is 4. The summed E-state index contributed by atoms with van der Waals surface area (Å²) >= 11 is 4.51. The van der Waals surface area contributed by atoms with Crippen molar-refractivity contribution in [3.05, 3.63) is 27.1 Å². The Morgan fingerprint density at radius 2 is 2.25 bits per heavy atom. The first-order chi connectivity index (χ1) is 9.13. The van der Waals surface area contributed by atoms with Gasteiger partial charge in [-0.25, -0.2) is 13.6 Å². The van der Waals surface area contributed by atoms with Crippen LogP contribution < -0.4 is 5.69 Å². The zero-order valence-corrected chi connectivity index (χ0v) is 11.0. The number of halogens is 2. The van der Waals surface area contributed by atoms with Crippen LogP contribution in [0.2, 0.25) is 0 Å². The van der Waals surface area contributed by atoms with Crippen LogP contribution in [0.3, 0.4) is 0 Å². The number of hydrogen-bond acceptors (Lipinski definition) is 6. The van der Waals surface area contributed by atoms with Gasteiger partial charge in [-0.2, -0.15) is 0 Å². The molecule has 1 saturated heterocycles. The second kappa shape index (κ2) is 4.67. The van der Waals surface area contributed by atoms with Crippen molar-refractivity contribution >= 4 is 12.2 Å². The predicted octanol–water partition coefficient (Wildman–Crippen LogP) is -0.656. The SMILES string of the molecule is C[C@@]1(O)C(O)[C@@](F)(CO)O[C@H]1n1cc(F)c(=S)[nH]c1=O. The van der Waals surface area contributed by atoms with Crippen LogP contribution in [0.15, 0.2) is 11.0 Å². The van der Waals surface area contributed by atoms with Gasteiger partial charge in [0.15, 0.2) is 12.0 Å². The van der Waals surface area contributed by atoms with E-state index in [0.717, 1.165) is 6.92 Å². The van der Waals surface area contributed by atoms with Gasteiger partial charge < -0.3 is 20.1 Å². The summed E-state index contributed by atoms with van der Waals surface area (Å²) in [5.74, 6) is -3.97. The molecule has 7 nitrogen and oxygen atoms in total. The van der Waals surface area contributed by atoms with Gasteiger partial charge in [-0.3, -0.25) is 9.55 Å². The van der Waals surface area contributed by atoms with Crippen LogP contribution in [0.5, 0.6) is 0 Å². The normalized spacial score (nSPS) is 37.3. The molecule has 2 heterocycles. The van der Waals surface area contributed by atoms with Gasteiger partial charge in [-0.1, -0.05) is 12.2 Å². The van der Waals surface area contributed by atoms with E-state index >= 15 is 0 Å². The third kappa shape index (κ3) is 2.09. The molecule has 2 rings (SSSR count). The topological polar surface area (TPSA) is 108 Å². The van der Waals surface area contributed by atoms with Crippen LogP contribution in [0.25, 0.3) is 0 Å². The first kappa shape index (κ1) is 15.2. The minimum atomic E-state index is -2.98. The zero-order chi connectivity index (χ0) is 15.3. The number of aliphatic hydroxyl groups is 3. The van der Waals surface area contributed by atoms with Crippen LogP contribution in [0.4, 0.5) is 8.78 Å². The molecular formula is C10H12F2N2O5S. The third-order valence-electron chi connectivity index (χ3n) is 3.16. The van der Waals surface area contributed by atoms with E-state index in [1.54, 1.807) is 0 Å². The fourth-order valence-corrected chi connectivity index (χ4v) is 2.18. The number of aliphatic hydroxyl groups excluding tert-OH is 2. The summed E-state index contributed by atoms with van der Waals surface area (Å²) in [6.07, 6.45) is -3.26. The molecule has 1 unspecified atom stereocenters. The van der Waals surface area contributed by atoms with Crippen LogP contribution in [-0.2, 0) is 4.74 Å². The minimum absolute atomic E-state index is 0.460. The Morgan fingerprint density at radius 3 is 2.75 bits per heavy atom. The van der Waals surface area contributed by atoms with Crippen LogP contribution in [-0.4, -0.2) is 49.0 Å². The maximum atomic E-state index is 14.1. The zero-order valence-electron chi connectivity index (χ0n) is 10.2. The lowest BCUT2D eigenvalue weighted by Crippen LogP contribution is -2.49. The first-order valence-electron chi connectivity index (χ1n) is 5.52. The Morgan fingerprint density at radius 1 is 1.65 bits per heavy atom. The summed E-state index contributed by atoms with van der Waals surface area (Å²) in [4.78, 5) is 13.7. The highest BCUT2D eigenvalue weighted by Gasteiger charge is 2.62. The number of aromatic nitrogens is 2. The molecule has 0 aromatic carbocycles. The summed E-state index contributed by atoms with van der Waals surface area (Å²) < 4.78 is 32.2. The molecule has 1 aromatic rings. The van der Waals surface area contributed by atoms with Crippen molar-refractivity contribution in [2.75, 3.05) is 6.61 Å². The van der Waals surface area contributed by atoms with Gasteiger partial charge in [-0.15, -0.1) is 0 Å². The maximum absolute atomic E-state index is 14.1. The van der Waals surface area contributed by atoms with Gasteiger partial charge in [-0.05, 0) is 6.92 Å². The lowest BCUT2D eigenvalue weighted by atomic mass is 9.95. The molecule has 0 saturated carbocycles. The molecule has 1 aliphatic heterocycles. The lowest BCUT2D eigenvalue weighted by Gasteiger charge is -2.27. The Balaban J connectivity index is 2.57. The van der Waals surface area contributed by atoms with E-state index in [9.17, 15) is 23.8 Å². The monoisotopic (exact) mass is 310 g/mol. The minimum Gasteiger partial charge on any atom is -0.390 e. The summed E-state index contributed by atoms with van der Waals surface area (Å²) in [5.41, 5.74) is -3.24. The van der Waals surface area contributed by atoms with Gasteiger partial charge in [0, 0.05) is 0 Å². The Bertz CT molecular complexity index is 645. The standard InChI is InChI=1S/C10H12F2N2O5S/c1-9(18)6(16)10(12,3-15)19-7(9)14-2-4(11)5(20)13-8(14)17/h2,6-7,15-16,18H,3H2,1H3,(H,13,17,20)/t6?,7-,9-,10-/m1/s1. The molecule has 1 aliphatic rings. The Labute approximate surface area is 116 Å². The van der Waals surface area contributed by atoms with Gasteiger partial charge in [0.25, 0.3) is 5.85 Å². The van der Waals surface area contributed by atoms with E-state index in [1.807, 2.05) is 4.98 Å². The average Bonchev–Trinajstić information content (AvgIpc) is 2.56. The molecule has 0 aliphatic carbocycles. The fraction of sp³-hybridized carbons (Fsp3) is 0.600. The molecule has 20 heavy (non-hydrogen) atoms. The molecule has 4 atom stereocenters. The fourth-order valence-electron chi connectivity index (χ4n) is 2.04. The molecule has 4 N–H and O–H groups in total. The Hall–Kier alpha value is -1.20. The number of alkyl halides is 1. The van der Waals surface area contributed by atoms with Crippen molar-refractivity contribution < 1.29 is 28.8 Å². The summed E-state index contributed by atoms with van der Waals surface area (Å²) in [5, 5.41) is 28.7. The van der Waals surface area contributed by atoms with Gasteiger partial charge in [0.1, 0.15) is 23.0 Å². The van der Waals surface area contributed by atoms with E-state index in [2.05, 4.69) is 12.2 Å². The smallest absolute Gasteiger partial charge is 0.328 e. The average molecular weight is 310 g/mol. The van der Waals surface area contributed by atoms with Gasteiger partial charge in [0.05, 0.1) is 6.20 Å². The molecule has 10 heteroatoms. The van der Waals surface area contributed by atoms with Crippen molar-refractivity contribution in [3.63, 3.8) is 0 Å². The molecule has 0 radical (unpaired) electrons. The number of nitrogens with zero attached hydrogens (tertiary/aromatic N) is 1. The molecule has 0 bridgehead atoms. The van der Waals surface area contributed by atoms with Crippen LogP contribution in [0.1, 0.15) is 13.2 Å². The number of rotatable bonds is 2. The first-order valence-corrected chi connectivity index (χ1v) is 5.93. The van der Waals surface area contributed by atoms with Gasteiger partial charge >= 0.3 is 5.69 Å². The van der Waals surface area contributed by atoms with Crippen LogP contribution in [0, 0.1) is 10.5 Å². The summed E-state index contributed by atoms with van der Waals surface area (Å²) in [6.45, 7) is -0.258. The predicted molar refractivity (Wildman–Crippen MR) is 63.5 cm³/mol. The summed E-state index contributed by atoms with van der Waals surface area (Å²) in [7, 11) is 0. The largest absolute Gasteiger partial charge is 0.390 e. The highest BCUT2D eigenvalue weighted by molar-refractivity contribution is 7.71. The maximum Gasteiger partial charge on any atom is 0.328 e. The van der Waals surface area contributed by atoms with Crippen molar-refractivity contribution in [2.45, 2.75) is 30.7 Å². The van der Waals surface area contributed by atoms with Crippen molar-refractivity contribution in [1.29, 1.82) is 0 Å². The number of nitrogens with one attached hydrogen (secondary N) is 1. The van der Waals surface area contributed by atoms with Crippen molar-refractivity contribution in [2.24, 2.45) is 0 Å². The van der Waals surface area contributed by atoms with E-state index in [-0.39, 0.29) is 0 Å². The quantitative estimate of drug-likeness (QED) is 0.540. The second-order valence-corrected chi connectivity index (χ2v) is 5.09. The highest BCUT2D eigenvalue weighted by atomic mass is 32.1. The highest BCUT2D eigenvalue weighted by Crippen LogP contribution is 2.44. The third-order valence-corrected chi connectivity index (χ3v) is 3.46. The molecule has 1 aromatic heterocycles. The lowest BCUT2D eigenvalue weighted by molar-refractivity contribution is -0.207. The second-order valence-electron chi connectivity index (χ2n) is 4.69. The van der Waals surface area contributed by atoms with E-state index in [4.69, 9.17) is 9.84 Å². The number of aromatic amines is 1. The summed E-state index contributed by atoms with van der Waals surface area (Å²) in [6, 6.07) is 0. The van der Waals surface area contributed by atoms with E-state index in [1.165, 1.54) is 0 Å².